The molecule has 1 aromatic heterocycles. The number of aryl methyl sites for hydroxylation is 2. The van der Waals surface area contributed by atoms with Gasteiger partial charge in [0.15, 0.2) is 0 Å². The van der Waals surface area contributed by atoms with E-state index in [1.807, 2.05) is 0 Å². The third kappa shape index (κ3) is 2.22. The quantitative estimate of drug-likeness (QED) is 0.364. The third-order valence-corrected chi connectivity index (χ3v) is 5.86. The van der Waals surface area contributed by atoms with Crippen LogP contribution in [-0.4, -0.2) is 4.57 Å². The van der Waals surface area contributed by atoms with E-state index < -0.39 is 0 Å². The van der Waals surface area contributed by atoms with Gasteiger partial charge in [0.2, 0.25) is 0 Å². The standard InChI is InChI=1S/C24H23N/c1-25-22-15-9-8-14-20(22)24-19-13-7-3-6-12-18(19)21(16-23(24)25)17-10-4-2-5-11-17/h2,4-5,8-11,14-16H,3,6-7,12-13H2,1H3. The summed E-state index contributed by atoms with van der Waals surface area (Å²) in [7, 11) is 2.21. The molecule has 0 unspecified atom stereocenters. The molecule has 4 aromatic rings. The first kappa shape index (κ1) is 14.8. The first-order valence-corrected chi connectivity index (χ1v) is 9.42. The molecule has 5 rings (SSSR count). The summed E-state index contributed by atoms with van der Waals surface area (Å²) in [6, 6.07) is 22.3. The molecule has 124 valence electrons. The lowest BCUT2D eigenvalue weighted by molar-refractivity contribution is 0.712. The summed E-state index contributed by atoms with van der Waals surface area (Å²) in [5.41, 5.74) is 8.71. The molecule has 1 nitrogen and oxygen atoms in total. The molecule has 0 saturated heterocycles. The Morgan fingerprint density at radius 3 is 2.28 bits per heavy atom. The topological polar surface area (TPSA) is 4.93 Å². The summed E-state index contributed by atoms with van der Waals surface area (Å²) in [5, 5.41) is 2.91. The minimum absolute atomic E-state index is 1.21. The van der Waals surface area contributed by atoms with Crippen molar-refractivity contribution in [3.63, 3.8) is 0 Å². The number of hydrogen-bond donors (Lipinski definition) is 0. The van der Waals surface area contributed by atoms with Gasteiger partial charge in [0, 0.05) is 28.9 Å². The molecule has 0 fully saturated rings. The van der Waals surface area contributed by atoms with Crippen molar-refractivity contribution in [2.24, 2.45) is 7.05 Å². The third-order valence-electron chi connectivity index (χ3n) is 5.86. The Hall–Kier alpha value is -2.54. The Bertz CT molecular complexity index is 1070. The van der Waals surface area contributed by atoms with Crippen LogP contribution in [0.4, 0.5) is 0 Å². The maximum absolute atomic E-state index is 2.44. The predicted molar refractivity (Wildman–Crippen MR) is 107 cm³/mol. The largest absolute Gasteiger partial charge is 0.344 e. The molecule has 1 aliphatic rings. The molecule has 1 heterocycles. The number of benzene rings is 3. The van der Waals surface area contributed by atoms with E-state index >= 15 is 0 Å². The molecule has 3 aromatic carbocycles. The smallest absolute Gasteiger partial charge is 0.0497 e. The van der Waals surface area contributed by atoms with Gasteiger partial charge >= 0.3 is 0 Å². The molecule has 0 spiro atoms. The minimum atomic E-state index is 1.21. The lowest BCUT2D eigenvalue weighted by Crippen LogP contribution is -1.98. The van der Waals surface area contributed by atoms with Crippen molar-refractivity contribution in [2.45, 2.75) is 32.1 Å². The van der Waals surface area contributed by atoms with Crippen LogP contribution in [0.25, 0.3) is 32.9 Å². The number of fused-ring (bicyclic) bond motifs is 5. The highest BCUT2D eigenvalue weighted by atomic mass is 14.9. The Labute approximate surface area is 148 Å². The van der Waals surface area contributed by atoms with E-state index in [0.717, 1.165) is 0 Å². The van der Waals surface area contributed by atoms with Gasteiger partial charge in [-0.05, 0) is 60.1 Å². The average Bonchev–Trinajstić information content (AvgIpc) is 2.82. The van der Waals surface area contributed by atoms with Gasteiger partial charge in [-0.15, -0.1) is 0 Å². The maximum atomic E-state index is 2.44. The van der Waals surface area contributed by atoms with Crippen molar-refractivity contribution < 1.29 is 0 Å². The normalized spacial score (nSPS) is 14.6. The second-order valence-corrected chi connectivity index (χ2v) is 7.28. The van der Waals surface area contributed by atoms with E-state index in [-0.39, 0.29) is 0 Å². The van der Waals surface area contributed by atoms with Gasteiger partial charge in [0.05, 0.1) is 0 Å². The van der Waals surface area contributed by atoms with E-state index in [9.17, 15) is 0 Å². The van der Waals surface area contributed by atoms with Gasteiger partial charge in [-0.25, -0.2) is 0 Å². The predicted octanol–water partition coefficient (Wildman–Crippen LogP) is 6.27. The molecule has 0 aliphatic heterocycles. The Morgan fingerprint density at radius 2 is 1.44 bits per heavy atom. The number of aromatic nitrogens is 1. The summed E-state index contributed by atoms with van der Waals surface area (Å²) in [5.74, 6) is 0. The minimum Gasteiger partial charge on any atom is -0.344 e. The van der Waals surface area contributed by atoms with Crippen molar-refractivity contribution in [1.82, 2.24) is 4.57 Å². The molecule has 0 amide bonds. The van der Waals surface area contributed by atoms with Crippen molar-refractivity contribution in [2.75, 3.05) is 0 Å². The van der Waals surface area contributed by atoms with Crippen molar-refractivity contribution in [3.05, 3.63) is 71.8 Å². The number of rotatable bonds is 1. The number of nitrogens with zero attached hydrogens (tertiary/aromatic N) is 1. The molecule has 0 atom stereocenters. The van der Waals surface area contributed by atoms with Crippen LogP contribution in [0.15, 0.2) is 60.7 Å². The fraction of sp³-hybridized carbons (Fsp3) is 0.250. The highest BCUT2D eigenvalue weighted by molar-refractivity contribution is 6.11. The zero-order valence-corrected chi connectivity index (χ0v) is 14.8. The van der Waals surface area contributed by atoms with E-state index in [2.05, 4.69) is 72.3 Å². The highest BCUT2D eigenvalue weighted by Gasteiger charge is 2.20. The van der Waals surface area contributed by atoms with Crippen LogP contribution in [-0.2, 0) is 19.9 Å². The lowest BCUT2D eigenvalue weighted by atomic mass is 9.89. The van der Waals surface area contributed by atoms with Gasteiger partial charge in [0.1, 0.15) is 0 Å². The highest BCUT2D eigenvalue weighted by Crippen LogP contribution is 2.40. The average molecular weight is 325 g/mol. The van der Waals surface area contributed by atoms with Gasteiger partial charge in [0.25, 0.3) is 0 Å². The van der Waals surface area contributed by atoms with E-state index in [4.69, 9.17) is 0 Å². The second-order valence-electron chi connectivity index (χ2n) is 7.28. The fourth-order valence-electron chi connectivity index (χ4n) is 4.65. The SMILES string of the molecule is Cn1c2ccccc2c2c3c(c(-c4ccccc4)cc21)CCCCC3. The number of para-hydroxylation sites is 1. The second kappa shape index (κ2) is 5.77. The Balaban J connectivity index is 1.95. The molecule has 1 heteroatoms. The zero-order valence-electron chi connectivity index (χ0n) is 14.8. The van der Waals surface area contributed by atoms with Crippen LogP contribution in [0.5, 0.6) is 0 Å². The van der Waals surface area contributed by atoms with Crippen molar-refractivity contribution >= 4 is 21.8 Å². The summed E-state index contributed by atoms with van der Waals surface area (Å²) < 4.78 is 2.38. The van der Waals surface area contributed by atoms with Crippen LogP contribution in [0.1, 0.15) is 30.4 Å². The lowest BCUT2D eigenvalue weighted by Gasteiger charge is -2.15. The fourth-order valence-corrected chi connectivity index (χ4v) is 4.65. The first-order chi connectivity index (χ1) is 12.3. The van der Waals surface area contributed by atoms with Crippen molar-refractivity contribution in [1.29, 1.82) is 0 Å². The van der Waals surface area contributed by atoms with Gasteiger partial charge < -0.3 is 4.57 Å². The first-order valence-electron chi connectivity index (χ1n) is 9.42. The summed E-state index contributed by atoms with van der Waals surface area (Å²) in [6.45, 7) is 0. The molecular formula is C24H23N. The summed E-state index contributed by atoms with van der Waals surface area (Å²) in [4.78, 5) is 0. The molecule has 0 N–H and O–H groups in total. The molecular weight excluding hydrogens is 302 g/mol. The Kier molecular flexibility index (Phi) is 3.41. The summed E-state index contributed by atoms with van der Waals surface area (Å²) in [6.07, 6.45) is 6.38. The molecule has 25 heavy (non-hydrogen) atoms. The van der Waals surface area contributed by atoms with E-state index in [0.29, 0.717) is 0 Å². The van der Waals surface area contributed by atoms with Crippen LogP contribution in [0.2, 0.25) is 0 Å². The van der Waals surface area contributed by atoms with E-state index in [1.165, 1.54) is 65.0 Å². The monoisotopic (exact) mass is 325 g/mol. The van der Waals surface area contributed by atoms with Crippen molar-refractivity contribution in [3.8, 4) is 11.1 Å². The number of hydrogen-bond acceptors (Lipinski definition) is 0. The van der Waals surface area contributed by atoms with Crippen LogP contribution >= 0.6 is 0 Å². The molecule has 0 bridgehead atoms. The van der Waals surface area contributed by atoms with Gasteiger partial charge in [-0.3, -0.25) is 0 Å². The Morgan fingerprint density at radius 1 is 0.720 bits per heavy atom. The maximum Gasteiger partial charge on any atom is 0.0497 e. The molecule has 0 saturated carbocycles. The van der Waals surface area contributed by atoms with Crippen LogP contribution < -0.4 is 0 Å². The zero-order chi connectivity index (χ0) is 16.8. The van der Waals surface area contributed by atoms with Crippen LogP contribution in [0.3, 0.4) is 0 Å². The summed E-state index contributed by atoms with van der Waals surface area (Å²) >= 11 is 0. The van der Waals surface area contributed by atoms with E-state index in [1.54, 1.807) is 11.1 Å². The van der Waals surface area contributed by atoms with Gasteiger partial charge in [-0.2, -0.15) is 0 Å². The van der Waals surface area contributed by atoms with Gasteiger partial charge in [-0.1, -0.05) is 55.0 Å². The molecule has 0 radical (unpaired) electrons. The molecule has 1 aliphatic carbocycles. The van der Waals surface area contributed by atoms with Crippen LogP contribution in [0, 0.1) is 0 Å².